The maximum atomic E-state index is 12.8. The zero-order valence-corrected chi connectivity index (χ0v) is 14.6. The third kappa shape index (κ3) is 3.43. The predicted molar refractivity (Wildman–Crippen MR) is 107 cm³/mol. The summed E-state index contributed by atoms with van der Waals surface area (Å²) in [5.41, 5.74) is 13.5. The highest BCUT2D eigenvalue weighted by Gasteiger charge is 2.26. The second-order valence-corrected chi connectivity index (χ2v) is 6.00. The van der Waals surface area contributed by atoms with Gasteiger partial charge in [-0.3, -0.25) is 14.9 Å². The molecule has 0 aliphatic rings. The molecule has 0 aromatic heterocycles. The number of rotatable bonds is 4. The number of hydrogen-bond donors (Lipinski definition) is 2. The van der Waals surface area contributed by atoms with Crippen LogP contribution in [-0.2, 0) is 0 Å². The first-order valence-electron chi connectivity index (χ1n) is 8.16. The molecule has 0 saturated heterocycles. The normalized spacial score (nSPS) is 10.4. The van der Waals surface area contributed by atoms with Gasteiger partial charge in [-0.1, -0.05) is 30.3 Å². The number of anilines is 3. The van der Waals surface area contributed by atoms with E-state index in [1.54, 1.807) is 55.6 Å². The van der Waals surface area contributed by atoms with Crippen molar-refractivity contribution in [2.75, 3.05) is 23.4 Å². The summed E-state index contributed by atoms with van der Waals surface area (Å²) in [5, 5.41) is 11.7. The number of nitro groups is 1. The molecule has 27 heavy (non-hydrogen) atoms. The van der Waals surface area contributed by atoms with E-state index in [2.05, 4.69) is 0 Å². The van der Waals surface area contributed by atoms with Gasteiger partial charge in [0, 0.05) is 18.4 Å². The molecule has 0 heterocycles. The van der Waals surface area contributed by atoms with Crippen LogP contribution in [0.5, 0.6) is 0 Å². The molecular weight excluding hydrogens is 344 g/mol. The van der Waals surface area contributed by atoms with E-state index >= 15 is 0 Å². The molecule has 136 valence electrons. The second kappa shape index (κ2) is 7.17. The topological polar surface area (TPSA) is 115 Å². The highest BCUT2D eigenvalue weighted by molar-refractivity contribution is 6.11. The molecule has 0 spiro atoms. The minimum absolute atomic E-state index is 0.0762. The Hall–Kier alpha value is -3.87. The Labute approximate surface area is 156 Å². The van der Waals surface area contributed by atoms with Gasteiger partial charge in [0.25, 0.3) is 5.91 Å². The molecule has 0 fully saturated rings. The molecule has 0 atom stereocenters. The lowest BCUT2D eigenvalue weighted by Gasteiger charge is -2.19. The maximum absolute atomic E-state index is 12.8. The van der Waals surface area contributed by atoms with E-state index in [4.69, 9.17) is 11.5 Å². The van der Waals surface area contributed by atoms with Crippen LogP contribution in [0.25, 0.3) is 11.1 Å². The van der Waals surface area contributed by atoms with Gasteiger partial charge in [-0.25, -0.2) is 0 Å². The number of nitrogens with zero attached hydrogens (tertiary/aromatic N) is 2. The van der Waals surface area contributed by atoms with Crippen LogP contribution in [0.2, 0.25) is 0 Å². The molecule has 0 saturated carbocycles. The Balaban J connectivity index is 2.08. The third-order valence-corrected chi connectivity index (χ3v) is 4.30. The van der Waals surface area contributed by atoms with Crippen molar-refractivity contribution in [1.82, 2.24) is 0 Å². The average molecular weight is 362 g/mol. The number of nitro benzene ring substituents is 1. The number of amides is 1. The van der Waals surface area contributed by atoms with E-state index in [0.29, 0.717) is 22.5 Å². The van der Waals surface area contributed by atoms with Crippen molar-refractivity contribution in [1.29, 1.82) is 0 Å². The minimum Gasteiger partial charge on any atom is -0.399 e. The number of nitrogens with two attached hydrogens (primary N) is 2. The quantitative estimate of drug-likeness (QED) is 0.417. The Morgan fingerprint density at radius 1 is 0.963 bits per heavy atom. The summed E-state index contributed by atoms with van der Waals surface area (Å²) in [5.74, 6) is -0.425. The first-order valence-corrected chi connectivity index (χ1v) is 8.16. The third-order valence-electron chi connectivity index (χ3n) is 4.30. The van der Waals surface area contributed by atoms with Gasteiger partial charge < -0.3 is 16.4 Å². The first kappa shape index (κ1) is 17.9. The molecule has 3 aromatic carbocycles. The van der Waals surface area contributed by atoms with E-state index in [1.807, 2.05) is 6.07 Å². The van der Waals surface area contributed by atoms with Crippen molar-refractivity contribution >= 4 is 28.7 Å². The number of para-hydroxylation sites is 1. The molecule has 7 heteroatoms. The van der Waals surface area contributed by atoms with Crippen molar-refractivity contribution < 1.29 is 9.72 Å². The van der Waals surface area contributed by atoms with Gasteiger partial charge in [-0.15, -0.1) is 0 Å². The van der Waals surface area contributed by atoms with Crippen LogP contribution in [0.1, 0.15) is 10.4 Å². The zero-order chi connectivity index (χ0) is 19.6. The van der Waals surface area contributed by atoms with E-state index < -0.39 is 10.8 Å². The second-order valence-electron chi connectivity index (χ2n) is 6.00. The van der Waals surface area contributed by atoms with E-state index in [9.17, 15) is 14.9 Å². The monoisotopic (exact) mass is 362 g/mol. The Morgan fingerprint density at radius 3 is 2.19 bits per heavy atom. The molecule has 7 nitrogen and oxygen atoms in total. The van der Waals surface area contributed by atoms with Gasteiger partial charge in [0.15, 0.2) is 0 Å². The van der Waals surface area contributed by atoms with Gasteiger partial charge >= 0.3 is 5.69 Å². The van der Waals surface area contributed by atoms with Crippen LogP contribution in [0.15, 0.2) is 66.7 Å². The number of carbonyl (C=O) groups is 1. The highest BCUT2D eigenvalue weighted by atomic mass is 16.6. The van der Waals surface area contributed by atoms with Gasteiger partial charge in [0.1, 0.15) is 5.69 Å². The molecule has 0 bridgehead atoms. The Morgan fingerprint density at radius 2 is 1.59 bits per heavy atom. The van der Waals surface area contributed by atoms with Crippen molar-refractivity contribution in [3.63, 3.8) is 0 Å². The van der Waals surface area contributed by atoms with Gasteiger partial charge in [-0.2, -0.15) is 0 Å². The van der Waals surface area contributed by atoms with Crippen molar-refractivity contribution in [3.05, 3.63) is 82.4 Å². The Kier molecular flexibility index (Phi) is 4.76. The number of hydrogen-bond acceptors (Lipinski definition) is 5. The summed E-state index contributed by atoms with van der Waals surface area (Å²) in [6.07, 6.45) is 0. The van der Waals surface area contributed by atoms with Crippen LogP contribution in [-0.4, -0.2) is 17.9 Å². The lowest BCUT2D eigenvalue weighted by atomic mass is 9.99. The van der Waals surface area contributed by atoms with Crippen LogP contribution < -0.4 is 16.4 Å². The molecule has 0 aliphatic carbocycles. The fraction of sp³-hybridized carbons (Fsp3) is 0.0500. The molecule has 0 radical (unpaired) electrons. The fourth-order valence-corrected chi connectivity index (χ4v) is 2.84. The van der Waals surface area contributed by atoms with Crippen molar-refractivity contribution in [2.24, 2.45) is 0 Å². The SMILES string of the molecule is CN(C(=O)c1ccc(-c2ccc(N)cc2)c([N+](=O)[O-])c1N)c1ccccc1. The number of benzene rings is 3. The minimum atomic E-state index is -0.569. The van der Waals surface area contributed by atoms with E-state index in [1.165, 1.54) is 17.0 Å². The van der Waals surface area contributed by atoms with Crippen LogP contribution >= 0.6 is 0 Å². The lowest BCUT2D eigenvalue weighted by Crippen LogP contribution is -2.27. The summed E-state index contributed by atoms with van der Waals surface area (Å²) >= 11 is 0. The van der Waals surface area contributed by atoms with Gasteiger partial charge in [0.05, 0.1) is 16.1 Å². The van der Waals surface area contributed by atoms with Gasteiger partial charge in [0.2, 0.25) is 0 Å². The van der Waals surface area contributed by atoms with E-state index in [0.717, 1.165) is 0 Å². The Bertz CT molecular complexity index is 1000. The summed E-state index contributed by atoms with van der Waals surface area (Å²) in [7, 11) is 1.59. The molecule has 4 N–H and O–H groups in total. The smallest absolute Gasteiger partial charge is 0.300 e. The van der Waals surface area contributed by atoms with Crippen LogP contribution in [0.3, 0.4) is 0 Å². The largest absolute Gasteiger partial charge is 0.399 e. The van der Waals surface area contributed by atoms with Crippen LogP contribution in [0.4, 0.5) is 22.7 Å². The summed E-state index contributed by atoms with van der Waals surface area (Å²) < 4.78 is 0. The van der Waals surface area contributed by atoms with Gasteiger partial charge in [-0.05, 0) is 42.0 Å². The summed E-state index contributed by atoms with van der Waals surface area (Å²) in [4.78, 5) is 25.3. The van der Waals surface area contributed by atoms with E-state index in [-0.39, 0.29) is 16.9 Å². The van der Waals surface area contributed by atoms with Crippen molar-refractivity contribution in [3.8, 4) is 11.1 Å². The summed E-state index contributed by atoms with van der Waals surface area (Å²) in [6.45, 7) is 0. The first-order chi connectivity index (χ1) is 12.9. The fourth-order valence-electron chi connectivity index (χ4n) is 2.84. The van der Waals surface area contributed by atoms with Crippen molar-refractivity contribution in [2.45, 2.75) is 0 Å². The standard InChI is InChI=1S/C20H18N4O3/c1-23(15-5-3-2-4-6-15)20(25)17-12-11-16(19(18(17)22)24(26)27)13-7-9-14(21)10-8-13/h2-12H,21-22H2,1H3. The number of carbonyl (C=O) groups excluding carboxylic acids is 1. The lowest BCUT2D eigenvalue weighted by molar-refractivity contribution is -0.383. The molecule has 3 aromatic rings. The predicted octanol–water partition coefficient (Wildman–Crippen LogP) is 3.70. The molecular formula is C20H18N4O3. The molecule has 0 unspecified atom stereocenters. The zero-order valence-electron chi connectivity index (χ0n) is 14.6. The summed E-state index contributed by atoms with van der Waals surface area (Å²) in [6, 6.07) is 18.7. The van der Waals surface area contributed by atoms with Crippen LogP contribution in [0, 0.1) is 10.1 Å². The average Bonchev–Trinajstić information content (AvgIpc) is 2.67. The highest BCUT2D eigenvalue weighted by Crippen LogP contribution is 2.37. The number of nitrogen functional groups attached to an aromatic ring is 2. The molecule has 3 rings (SSSR count). The molecule has 1 amide bonds. The molecule has 0 aliphatic heterocycles. The maximum Gasteiger partial charge on any atom is 0.300 e.